The molecule has 0 aliphatic carbocycles. The highest BCUT2D eigenvalue weighted by Gasteiger charge is 2.17. The molecule has 1 aliphatic rings. The summed E-state index contributed by atoms with van der Waals surface area (Å²) < 4.78 is 0. The van der Waals surface area contributed by atoms with Gasteiger partial charge in [-0.25, -0.2) is 0 Å². The molecule has 1 aliphatic heterocycles. The van der Waals surface area contributed by atoms with Gasteiger partial charge in [-0.3, -0.25) is 0 Å². The quantitative estimate of drug-likeness (QED) is 0.934. The number of hydrogen-bond donors (Lipinski definition) is 1. The topological polar surface area (TPSA) is 57.2 Å². The van der Waals surface area contributed by atoms with Crippen LogP contribution in [0.2, 0.25) is 5.02 Å². The Morgan fingerprint density at radius 3 is 2.55 bits per heavy atom. The minimum atomic E-state index is 0.498. The molecule has 0 saturated carbocycles. The molecule has 0 bridgehead atoms. The van der Waals surface area contributed by atoms with Crippen LogP contribution in [0.15, 0.2) is 30.5 Å². The summed E-state index contributed by atoms with van der Waals surface area (Å²) in [6, 6.07) is 7.42. The number of halogens is 1. The van der Waals surface area contributed by atoms with E-state index in [-0.39, 0.29) is 0 Å². The van der Waals surface area contributed by atoms with Gasteiger partial charge in [0.15, 0.2) is 5.82 Å². The Morgan fingerprint density at radius 1 is 1.14 bits per heavy atom. The molecule has 1 aromatic carbocycles. The number of likely N-dealkylation sites (N-methyl/N-ethyl adjacent to an activating group) is 1. The van der Waals surface area contributed by atoms with Gasteiger partial charge in [0, 0.05) is 36.9 Å². The van der Waals surface area contributed by atoms with Crippen molar-refractivity contribution in [1.82, 2.24) is 20.1 Å². The van der Waals surface area contributed by atoms with Gasteiger partial charge in [0.2, 0.25) is 5.95 Å². The van der Waals surface area contributed by atoms with Gasteiger partial charge in [0.1, 0.15) is 0 Å². The van der Waals surface area contributed by atoms with Crippen molar-refractivity contribution in [1.29, 1.82) is 0 Å². The van der Waals surface area contributed by atoms with Crippen LogP contribution in [0.4, 0.5) is 17.5 Å². The summed E-state index contributed by atoms with van der Waals surface area (Å²) in [6.07, 6.45) is 1.72. The highest BCUT2D eigenvalue weighted by Crippen LogP contribution is 2.18. The van der Waals surface area contributed by atoms with Gasteiger partial charge in [-0.05, 0) is 30.8 Å². The van der Waals surface area contributed by atoms with Crippen molar-refractivity contribution < 1.29 is 0 Å². The van der Waals surface area contributed by atoms with E-state index in [2.05, 4.69) is 37.2 Å². The maximum Gasteiger partial charge on any atom is 0.249 e. The van der Waals surface area contributed by atoms with Gasteiger partial charge in [-0.2, -0.15) is 10.1 Å². The molecule has 22 heavy (non-hydrogen) atoms. The number of benzene rings is 1. The second-order valence-electron chi connectivity index (χ2n) is 5.19. The highest BCUT2D eigenvalue weighted by atomic mass is 35.5. The Bertz CT molecular complexity index is 610. The Kier molecular flexibility index (Phi) is 4.70. The molecule has 1 aromatic heterocycles. The average molecular weight is 319 g/mol. The van der Waals surface area contributed by atoms with Crippen LogP contribution < -0.4 is 10.2 Å². The standard InChI is InChI=1S/C15H19ClN6/c1-2-21-7-9-22(10-8-21)14-11-17-20-15(19-14)18-13-5-3-12(16)4-6-13/h3-6,11H,2,7-10H2,1H3,(H,18,19,20). The maximum atomic E-state index is 5.88. The normalized spacial score (nSPS) is 15.8. The minimum Gasteiger partial charge on any atom is -0.353 e. The van der Waals surface area contributed by atoms with Crippen LogP contribution in [0, 0.1) is 0 Å². The molecule has 7 heteroatoms. The highest BCUT2D eigenvalue weighted by molar-refractivity contribution is 6.30. The molecule has 2 heterocycles. The summed E-state index contributed by atoms with van der Waals surface area (Å²) in [7, 11) is 0. The lowest BCUT2D eigenvalue weighted by Crippen LogP contribution is -2.46. The molecular formula is C15H19ClN6. The Morgan fingerprint density at radius 2 is 1.86 bits per heavy atom. The van der Waals surface area contributed by atoms with E-state index in [0.717, 1.165) is 44.2 Å². The van der Waals surface area contributed by atoms with Crippen molar-refractivity contribution in [3.05, 3.63) is 35.5 Å². The van der Waals surface area contributed by atoms with Crippen molar-refractivity contribution in [3.8, 4) is 0 Å². The van der Waals surface area contributed by atoms with E-state index in [1.807, 2.05) is 24.3 Å². The van der Waals surface area contributed by atoms with Gasteiger partial charge in [0.05, 0.1) is 6.20 Å². The number of nitrogens with zero attached hydrogens (tertiary/aromatic N) is 5. The van der Waals surface area contributed by atoms with Gasteiger partial charge >= 0.3 is 0 Å². The van der Waals surface area contributed by atoms with Crippen LogP contribution in [0.5, 0.6) is 0 Å². The molecule has 0 unspecified atom stereocenters. The van der Waals surface area contributed by atoms with Gasteiger partial charge in [-0.15, -0.1) is 5.10 Å². The summed E-state index contributed by atoms with van der Waals surface area (Å²) in [5.74, 6) is 1.36. The van der Waals surface area contributed by atoms with Crippen molar-refractivity contribution in [2.75, 3.05) is 42.9 Å². The van der Waals surface area contributed by atoms with Gasteiger partial charge in [-0.1, -0.05) is 18.5 Å². The molecule has 3 rings (SSSR count). The first kappa shape index (κ1) is 15.0. The SMILES string of the molecule is CCN1CCN(c2cnnc(Nc3ccc(Cl)cc3)n2)CC1. The zero-order valence-corrected chi connectivity index (χ0v) is 13.3. The van der Waals surface area contributed by atoms with Crippen LogP contribution in [0.1, 0.15) is 6.92 Å². The van der Waals surface area contributed by atoms with Crippen molar-refractivity contribution in [3.63, 3.8) is 0 Å². The van der Waals surface area contributed by atoms with Crippen molar-refractivity contribution >= 4 is 29.1 Å². The van der Waals surface area contributed by atoms with E-state index in [1.54, 1.807) is 6.20 Å². The number of anilines is 3. The average Bonchev–Trinajstić information content (AvgIpc) is 2.57. The van der Waals surface area contributed by atoms with Gasteiger partial charge < -0.3 is 15.1 Å². The summed E-state index contributed by atoms with van der Waals surface area (Å²) in [5.41, 5.74) is 0.888. The van der Waals surface area contributed by atoms with E-state index in [4.69, 9.17) is 11.6 Å². The van der Waals surface area contributed by atoms with Crippen LogP contribution in [-0.2, 0) is 0 Å². The summed E-state index contributed by atoms with van der Waals surface area (Å²) in [6.45, 7) is 7.33. The van der Waals surface area contributed by atoms with E-state index in [9.17, 15) is 0 Å². The molecule has 6 nitrogen and oxygen atoms in total. The molecule has 2 aromatic rings. The number of hydrogen-bond acceptors (Lipinski definition) is 6. The van der Waals surface area contributed by atoms with E-state index >= 15 is 0 Å². The molecule has 1 saturated heterocycles. The first-order chi connectivity index (χ1) is 10.7. The monoisotopic (exact) mass is 318 g/mol. The molecule has 0 atom stereocenters. The zero-order valence-electron chi connectivity index (χ0n) is 12.5. The third-order valence-electron chi connectivity index (χ3n) is 3.79. The number of piperazine rings is 1. The lowest BCUT2D eigenvalue weighted by molar-refractivity contribution is 0.270. The Balaban J connectivity index is 1.68. The van der Waals surface area contributed by atoms with Gasteiger partial charge in [0.25, 0.3) is 0 Å². The second kappa shape index (κ2) is 6.89. The lowest BCUT2D eigenvalue weighted by atomic mass is 10.3. The lowest BCUT2D eigenvalue weighted by Gasteiger charge is -2.34. The predicted octanol–water partition coefficient (Wildman–Crippen LogP) is 2.41. The fourth-order valence-electron chi connectivity index (χ4n) is 2.46. The van der Waals surface area contributed by atoms with Crippen LogP contribution >= 0.6 is 11.6 Å². The summed E-state index contributed by atoms with van der Waals surface area (Å²) in [4.78, 5) is 9.23. The molecule has 1 fully saturated rings. The number of nitrogens with one attached hydrogen (secondary N) is 1. The van der Waals surface area contributed by atoms with E-state index in [0.29, 0.717) is 11.0 Å². The zero-order chi connectivity index (χ0) is 15.4. The third-order valence-corrected chi connectivity index (χ3v) is 4.04. The number of aromatic nitrogens is 3. The first-order valence-electron chi connectivity index (χ1n) is 7.44. The molecule has 0 amide bonds. The predicted molar refractivity (Wildman–Crippen MR) is 88.9 cm³/mol. The molecule has 0 radical (unpaired) electrons. The minimum absolute atomic E-state index is 0.498. The summed E-state index contributed by atoms with van der Waals surface area (Å²) >= 11 is 5.88. The molecule has 0 spiro atoms. The Labute approximate surface area is 135 Å². The van der Waals surface area contributed by atoms with Crippen LogP contribution in [0.25, 0.3) is 0 Å². The Hall–Kier alpha value is -1.92. The smallest absolute Gasteiger partial charge is 0.249 e. The van der Waals surface area contributed by atoms with Crippen LogP contribution in [-0.4, -0.2) is 52.8 Å². The van der Waals surface area contributed by atoms with Crippen LogP contribution in [0.3, 0.4) is 0 Å². The molecule has 1 N–H and O–H groups in total. The molecular weight excluding hydrogens is 300 g/mol. The fourth-order valence-corrected chi connectivity index (χ4v) is 2.58. The first-order valence-corrected chi connectivity index (χ1v) is 7.82. The van der Waals surface area contributed by atoms with E-state index in [1.165, 1.54) is 0 Å². The fraction of sp³-hybridized carbons (Fsp3) is 0.400. The van der Waals surface area contributed by atoms with Crippen molar-refractivity contribution in [2.45, 2.75) is 6.92 Å². The van der Waals surface area contributed by atoms with Crippen molar-refractivity contribution in [2.24, 2.45) is 0 Å². The largest absolute Gasteiger partial charge is 0.353 e. The van der Waals surface area contributed by atoms with E-state index < -0.39 is 0 Å². The number of rotatable bonds is 4. The summed E-state index contributed by atoms with van der Waals surface area (Å²) in [5, 5.41) is 11.9. The third kappa shape index (κ3) is 3.64. The molecule has 116 valence electrons. The second-order valence-corrected chi connectivity index (χ2v) is 5.63. The maximum absolute atomic E-state index is 5.88.